The fourth-order valence-corrected chi connectivity index (χ4v) is 2.86. The molecule has 0 amide bonds. The van der Waals surface area contributed by atoms with Crippen LogP contribution in [0.5, 0.6) is 0 Å². The standard InChI is InChI=1S/C17H16N2/c18-11-17(12-19-13-17)16(14-7-3-1-4-8-14)15-9-5-2-6-10-15/h1-10,16,19H,12-13H2. The Hall–Kier alpha value is -2.11. The lowest BCUT2D eigenvalue weighted by atomic mass is 9.66. The van der Waals surface area contributed by atoms with Gasteiger partial charge in [-0.05, 0) is 11.1 Å². The topological polar surface area (TPSA) is 35.8 Å². The van der Waals surface area contributed by atoms with Gasteiger partial charge in [0.2, 0.25) is 0 Å². The fraction of sp³-hybridized carbons (Fsp3) is 0.235. The molecule has 2 nitrogen and oxygen atoms in total. The van der Waals surface area contributed by atoms with E-state index >= 15 is 0 Å². The lowest BCUT2D eigenvalue weighted by molar-refractivity contribution is 0.219. The number of nitrogens with zero attached hydrogens (tertiary/aromatic N) is 1. The summed E-state index contributed by atoms with van der Waals surface area (Å²) in [5.74, 6) is 0.140. The largest absolute Gasteiger partial charge is 0.313 e. The van der Waals surface area contributed by atoms with E-state index in [1.807, 2.05) is 36.4 Å². The van der Waals surface area contributed by atoms with Crippen LogP contribution in [0.3, 0.4) is 0 Å². The Morgan fingerprint density at radius 2 is 1.37 bits per heavy atom. The smallest absolute Gasteiger partial charge is 0.0930 e. The molecule has 2 heteroatoms. The van der Waals surface area contributed by atoms with Gasteiger partial charge in [-0.15, -0.1) is 0 Å². The minimum atomic E-state index is -0.317. The Bertz CT molecular complexity index is 540. The summed E-state index contributed by atoms with van der Waals surface area (Å²) < 4.78 is 0. The van der Waals surface area contributed by atoms with Crippen molar-refractivity contribution >= 4 is 0 Å². The Kier molecular flexibility index (Phi) is 3.06. The Morgan fingerprint density at radius 3 is 1.68 bits per heavy atom. The summed E-state index contributed by atoms with van der Waals surface area (Å²) in [6, 6.07) is 23.2. The van der Waals surface area contributed by atoms with Crippen molar-refractivity contribution in [2.45, 2.75) is 5.92 Å². The highest BCUT2D eigenvalue weighted by atomic mass is 15.0. The third-order valence-electron chi connectivity index (χ3n) is 3.92. The van der Waals surface area contributed by atoms with Crippen LogP contribution in [0.4, 0.5) is 0 Å². The molecule has 0 aliphatic carbocycles. The van der Waals surface area contributed by atoms with Crippen molar-refractivity contribution in [3.05, 3.63) is 71.8 Å². The molecule has 94 valence electrons. The number of hydrogen-bond donors (Lipinski definition) is 1. The maximum absolute atomic E-state index is 9.64. The molecule has 0 unspecified atom stereocenters. The van der Waals surface area contributed by atoms with Gasteiger partial charge < -0.3 is 5.32 Å². The van der Waals surface area contributed by atoms with Gasteiger partial charge in [-0.3, -0.25) is 0 Å². The van der Waals surface area contributed by atoms with Gasteiger partial charge >= 0.3 is 0 Å². The van der Waals surface area contributed by atoms with Crippen molar-refractivity contribution in [2.75, 3.05) is 13.1 Å². The third kappa shape index (κ3) is 2.03. The van der Waals surface area contributed by atoms with Gasteiger partial charge in [0.05, 0.1) is 11.5 Å². The SMILES string of the molecule is N#CC1(C(c2ccccc2)c2ccccc2)CNC1. The molecular formula is C17H16N2. The molecule has 0 radical (unpaired) electrons. The van der Waals surface area contributed by atoms with Crippen molar-refractivity contribution in [1.29, 1.82) is 5.26 Å². The van der Waals surface area contributed by atoms with E-state index in [2.05, 4.69) is 35.7 Å². The fourth-order valence-electron chi connectivity index (χ4n) is 2.86. The molecule has 0 aromatic heterocycles. The molecular weight excluding hydrogens is 232 g/mol. The Morgan fingerprint density at radius 1 is 0.895 bits per heavy atom. The second kappa shape index (κ2) is 4.87. The van der Waals surface area contributed by atoms with Crippen molar-refractivity contribution in [3.63, 3.8) is 0 Å². The highest BCUT2D eigenvalue weighted by molar-refractivity contribution is 5.39. The van der Waals surface area contributed by atoms with Crippen LogP contribution in [0.25, 0.3) is 0 Å². The second-order valence-electron chi connectivity index (χ2n) is 5.13. The predicted octanol–water partition coefficient (Wildman–Crippen LogP) is 2.93. The average Bonchev–Trinajstić information content (AvgIpc) is 2.44. The van der Waals surface area contributed by atoms with Gasteiger partial charge in [-0.1, -0.05) is 60.7 Å². The van der Waals surface area contributed by atoms with Crippen molar-refractivity contribution < 1.29 is 0 Å². The number of hydrogen-bond acceptors (Lipinski definition) is 2. The number of nitrogens with one attached hydrogen (secondary N) is 1. The van der Waals surface area contributed by atoms with Crippen molar-refractivity contribution in [3.8, 4) is 6.07 Å². The predicted molar refractivity (Wildman–Crippen MR) is 75.6 cm³/mol. The molecule has 1 saturated heterocycles. The molecule has 1 aliphatic rings. The average molecular weight is 248 g/mol. The van der Waals surface area contributed by atoms with E-state index in [0.29, 0.717) is 0 Å². The summed E-state index contributed by atoms with van der Waals surface area (Å²) in [5, 5.41) is 12.9. The molecule has 2 aromatic carbocycles. The zero-order valence-corrected chi connectivity index (χ0v) is 10.7. The molecule has 3 rings (SSSR count). The minimum Gasteiger partial charge on any atom is -0.313 e. The third-order valence-corrected chi connectivity index (χ3v) is 3.92. The summed E-state index contributed by atoms with van der Waals surface area (Å²) in [7, 11) is 0. The van der Waals surface area contributed by atoms with Crippen LogP contribution < -0.4 is 5.32 Å². The molecule has 1 heterocycles. The molecule has 1 fully saturated rings. The normalized spacial score (nSPS) is 16.6. The van der Waals surface area contributed by atoms with Crippen LogP contribution in [0.1, 0.15) is 17.0 Å². The first-order valence-electron chi connectivity index (χ1n) is 6.58. The Balaban J connectivity index is 2.10. The van der Waals surface area contributed by atoms with Crippen LogP contribution >= 0.6 is 0 Å². The minimum absolute atomic E-state index is 0.140. The number of benzene rings is 2. The van der Waals surface area contributed by atoms with Crippen LogP contribution in [-0.4, -0.2) is 13.1 Å². The lowest BCUT2D eigenvalue weighted by Crippen LogP contribution is -2.56. The Labute approximate surface area is 113 Å². The first-order chi connectivity index (χ1) is 9.36. The van der Waals surface area contributed by atoms with E-state index < -0.39 is 0 Å². The molecule has 0 spiro atoms. The molecule has 0 bridgehead atoms. The quantitative estimate of drug-likeness (QED) is 0.906. The van der Waals surface area contributed by atoms with Gasteiger partial charge in [0.25, 0.3) is 0 Å². The molecule has 2 aromatic rings. The first kappa shape index (κ1) is 12.0. The van der Waals surface area contributed by atoms with E-state index in [1.54, 1.807) is 0 Å². The second-order valence-corrected chi connectivity index (χ2v) is 5.13. The molecule has 19 heavy (non-hydrogen) atoms. The first-order valence-corrected chi connectivity index (χ1v) is 6.58. The molecule has 1 aliphatic heterocycles. The summed E-state index contributed by atoms with van der Waals surface area (Å²) in [4.78, 5) is 0. The van der Waals surface area contributed by atoms with Gasteiger partial charge in [-0.2, -0.15) is 5.26 Å². The van der Waals surface area contributed by atoms with Crippen LogP contribution in [0.2, 0.25) is 0 Å². The van der Waals surface area contributed by atoms with E-state index in [0.717, 1.165) is 13.1 Å². The van der Waals surface area contributed by atoms with Crippen molar-refractivity contribution in [1.82, 2.24) is 5.32 Å². The van der Waals surface area contributed by atoms with E-state index in [-0.39, 0.29) is 11.3 Å². The van der Waals surface area contributed by atoms with Gasteiger partial charge in [0.15, 0.2) is 0 Å². The maximum Gasteiger partial charge on any atom is 0.0930 e. The molecule has 1 N–H and O–H groups in total. The van der Waals surface area contributed by atoms with Gasteiger partial charge in [-0.25, -0.2) is 0 Å². The lowest BCUT2D eigenvalue weighted by Gasteiger charge is -2.43. The molecule has 0 saturated carbocycles. The highest BCUT2D eigenvalue weighted by Crippen LogP contribution is 2.43. The summed E-state index contributed by atoms with van der Waals surface area (Å²) in [5.41, 5.74) is 2.12. The van der Waals surface area contributed by atoms with E-state index in [9.17, 15) is 5.26 Å². The maximum atomic E-state index is 9.64. The zero-order chi connectivity index (χ0) is 13.1. The summed E-state index contributed by atoms with van der Waals surface area (Å²) in [6.07, 6.45) is 0. The number of rotatable bonds is 3. The van der Waals surface area contributed by atoms with Crippen LogP contribution in [0.15, 0.2) is 60.7 Å². The van der Waals surface area contributed by atoms with E-state index in [1.165, 1.54) is 11.1 Å². The summed E-state index contributed by atoms with van der Waals surface area (Å²) in [6.45, 7) is 1.52. The monoisotopic (exact) mass is 248 g/mol. The highest BCUT2D eigenvalue weighted by Gasteiger charge is 2.46. The van der Waals surface area contributed by atoms with Gasteiger partial charge in [0, 0.05) is 19.0 Å². The van der Waals surface area contributed by atoms with Crippen LogP contribution in [-0.2, 0) is 0 Å². The zero-order valence-electron chi connectivity index (χ0n) is 10.7. The van der Waals surface area contributed by atoms with E-state index in [4.69, 9.17) is 0 Å². The van der Waals surface area contributed by atoms with Gasteiger partial charge in [0.1, 0.15) is 0 Å². The number of nitriles is 1. The summed E-state index contributed by atoms with van der Waals surface area (Å²) >= 11 is 0. The molecule has 0 atom stereocenters. The van der Waals surface area contributed by atoms with Crippen LogP contribution in [0, 0.1) is 16.7 Å². The van der Waals surface area contributed by atoms with Crippen molar-refractivity contribution in [2.24, 2.45) is 5.41 Å².